The Morgan fingerprint density at radius 1 is 1.12 bits per heavy atom. The van der Waals surface area contributed by atoms with E-state index >= 15 is 0 Å². The number of amides is 1. The molecule has 1 fully saturated rings. The van der Waals surface area contributed by atoms with Gasteiger partial charge in [0.2, 0.25) is 11.7 Å². The maximum Gasteiger partial charge on any atom is 0.340 e. The summed E-state index contributed by atoms with van der Waals surface area (Å²) in [5, 5.41) is 0. The number of morpholine rings is 1. The second-order valence-corrected chi connectivity index (χ2v) is 9.04. The van der Waals surface area contributed by atoms with Crippen molar-refractivity contribution < 1.29 is 42.1 Å². The standard InChI is InChI=1S/C21H32NO9P/c1-6-30-32(25,31-7-2)14-19(24)22-10-11-28-16(12-22)13-29-20-17(15(3)23)8-9-18(26-4)21(20)27-5/h8-9,16H,6-7,10-14H2,1-5H3. The molecule has 32 heavy (non-hydrogen) atoms. The largest absolute Gasteiger partial charge is 0.493 e. The average Bonchev–Trinajstić information content (AvgIpc) is 2.77. The lowest BCUT2D eigenvalue weighted by Crippen LogP contribution is -2.48. The van der Waals surface area contributed by atoms with Crippen LogP contribution >= 0.6 is 7.60 Å². The van der Waals surface area contributed by atoms with Gasteiger partial charge in [-0.25, -0.2) is 0 Å². The number of benzene rings is 1. The molecule has 0 bridgehead atoms. The SMILES string of the molecule is CCOP(=O)(CC(=O)N1CCOC(COc2c(C(C)=O)ccc(OC)c2OC)C1)OCC. The van der Waals surface area contributed by atoms with Crippen LogP contribution in [0.4, 0.5) is 0 Å². The van der Waals surface area contributed by atoms with E-state index < -0.39 is 13.7 Å². The number of carbonyl (C=O) groups is 2. The molecule has 2 rings (SSSR count). The van der Waals surface area contributed by atoms with Gasteiger partial charge in [-0.05, 0) is 32.9 Å². The number of ketones is 1. The van der Waals surface area contributed by atoms with Gasteiger partial charge in [0.15, 0.2) is 17.3 Å². The number of ether oxygens (including phenoxy) is 4. The van der Waals surface area contributed by atoms with Crippen LogP contribution in [0.5, 0.6) is 17.2 Å². The maximum absolute atomic E-state index is 12.7. The summed E-state index contributed by atoms with van der Waals surface area (Å²) in [6.45, 7) is 6.15. The lowest BCUT2D eigenvalue weighted by Gasteiger charge is -2.33. The second kappa shape index (κ2) is 12.2. The van der Waals surface area contributed by atoms with Crippen LogP contribution in [-0.4, -0.2) is 82.6 Å². The molecule has 0 radical (unpaired) electrons. The minimum atomic E-state index is -3.49. The molecular formula is C21H32NO9P. The van der Waals surface area contributed by atoms with E-state index in [0.29, 0.717) is 30.2 Å². The quantitative estimate of drug-likeness (QED) is 0.334. The first kappa shape index (κ1) is 26.1. The van der Waals surface area contributed by atoms with Crippen molar-refractivity contribution in [3.8, 4) is 17.2 Å². The highest BCUT2D eigenvalue weighted by Crippen LogP contribution is 2.48. The Bertz CT molecular complexity index is 835. The van der Waals surface area contributed by atoms with Crippen LogP contribution < -0.4 is 14.2 Å². The Balaban J connectivity index is 2.09. The molecule has 0 aliphatic carbocycles. The Hall–Kier alpha value is -2.13. The van der Waals surface area contributed by atoms with Gasteiger partial charge in [-0.1, -0.05) is 0 Å². The Morgan fingerprint density at radius 2 is 1.81 bits per heavy atom. The van der Waals surface area contributed by atoms with Gasteiger partial charge < -0.3 is 32.9 Å². The van der Waals surface area contributed by atoms with Crippen LogP contribution in [0.2, 0.25) is 0 Å². The highest BCUT2D eigenvalue weighted by molar-refractivity contribution is 7.54. The van der Waals surface area contributed by atoms with Crippen molar-refractivity contribution in [2.24, 2.45) is 0 Å². The molecule has 1 aliphatic heterocycles. The van der Waals surface area contributed by atoms with Gasteiger partial charge in [-0.3, -0.25) is 14.2 Å². The molecule has 1 amide bonds. The summed E-state index contributed by atoms with van der Waals surface area (Å²) >= 11 is 0. The van der Waals surface area contributed by atoms with Crippen molar-refractivity contribution in [3.63, 3.8) is 0 Å². The third-order valence-corrected chi connectivity index (χ3v) is 6.73. The van der Waals surface area contributed by atoms with E-state index in [2.05, 4.69) is 0 Å². The first-order valence-corrected chi connectivity index (χ1v) is 12.2. The van der Waals surface area contributed by atoms with Gasteiger partial charge in [-0.2, -0.15) is 0 Å². The molecule has 10 nitrogen and oxygen atoms in total. The molecule has 1 aliphatic rings. The average molecular weight is 473 g/mol. The summed E-state index contributed by atoms with van der Waals surface area (Å²) in [4.78, 5) is 26.3. The van der Waals surface area contributed by atoms with Crippen molar-refractivity contribution in [1.82, 2.24) is 4.90 Å². The summed E-state index contributed by atoms with van der Waals surface area (Å²) in [6.07, 6.45) is -0.789. The fourth-order valence-electron chi connectivity index (χ4n) is 3.33. The van der Waals surface area contributed by atoms with Crippen LogP contribution in [0.15, 0.2) is 12.1 Å². The van der Waals surface area contributed by atoms with Gasteiger partial charge in [0, 0.05) is 6.54 Å². The van der Waals surface area contributed by atoms with Crippen LogP contribution in [0.25, 0.3) is 0 Å². The molecule has 0 N–H and O–H groups in total. The van der Waals surface area contributed by atoms with E-state index in [9.17, 15) is 14.2 Å². The molecule has 1 aromatic carbocycles. The highest BCUT2D eigenvalue weighted by atomic mass is 31.2. The van der Waals surface area contributed by atoms with E-state index in [1.54, 1.807) is 30.9 Å². The van der Waals surface area contributed by atoms with Crippen LogP contribution in [0, 0.1) is 0 Å². The van der Waals surface area contributed by atoms with Gasteiger partial charge in [0.25, 0.3) is 0 Å². The smallest absolute Gasteiger partial charge is 0.340 e. The maximum atomic E-state index is 12.7. The first-order chi connectivity index (χ1) is 15.3. The molecule has 1 unspecified atom stereocenters. The predicted molar refractivity (Wildman–Crippen MR) is 117 cm³/mol. The van der Waals surface area contributed by atoms with Crippen molar-refractivity contribution in [2.75, 3.05) is 59.9 Å². The molecule has 1 aromatic rings. The zero-order chi connectivity index (χ0) is 23.7. The number of carbonyl (C=O) groups excluding carboxylic acids is 2. The molecule has 1 heterocycles. The molecular weight excluding hydrogens is 441 g/mol. The fourth-order valence-corrected chi connectivity index (χ4v) is 4.90. The van der Waals surface area contributed by atoms with Crippen molar-refractivity contribution in [2.45, 2.75) is 26.9 Å². The van der Waals surface area contributed by atoms with Gasteiger partial charge in [0.1, 0.15) is 18.9 Å². The number of nitrogens with zero attached hydrogens (tertiary/aromatic N) is 1. The predicted octanol–water partition coefficient (Wildman–Crippen LogP) is 2.78. The van der Waals surface area contributed by atoms with E-state index in [0.717, 1.165) is 0 Å². The van der Waals surface area contributed by atoms with Crippen LogP contribution in [0.3, 0.4) is 0 Å². The zero-order valence-electron chi connectivity index (χ0n) is 19.3. The third kappa shape index (κ3) is 6.68. The Kier molecular flexibility index (Phi) is 9.96. The summed E-state index contributed by atoms with van der Waals surface area (Å²) < 4.78 is 45.4. The van der Waals surface area contributed by atoms with E-state index in [-0.39, 0.29) is 50.0 Å². The van der Waals surface area contributed by atoms with Crippen molar-refractivity contribution in [1.29, 1.82) is 0 Å². The molecule has 1 atom stereocenters. The zero-order valence-corrected chi connectivity index (χ0v) is 20.1. The highest BCUT2D eigenvalue weighted by Gasteiger charge is 2.33. The number of methoxy groups -OCH3 is 2. The van der Waals surface area contributed by atoms with E-state index in [1.807, 2.05) is 0 Å². The minimum absolute atomic E-state index is 0.0716. The monoisotopic (exact) mass is 473 g/mol. The van der Waals surface area contributed by atoms with Crippen molar-refractivity contribution >= 4 is 19.3 Å². The summed E-state index contributed by atoms with van der Waals surface area (Å²) in [6, 6.07) is 3.24. The topological polar surface area (TPSA) is 110 Å². The van der Waals surface area contributed by atoms with Gasteiger partial charge in [-0.15, -0.1) is 0 Å². The second-order valence-electron chi connectivity index (χ2n) is 6.98. The molecule has 180 valence electrons. The fraction of sp³-hybridized carbons (Fsp3) is 0.619. The van der Waals surface area contributed by atoms with Crippen LogP contribution in [0.1, 0.15) is 31.1 Å². The molecule has 0 saturated carbocycles. The number of hydrogen-bond donors (Lipinski definition) is 0. The Morgan fingerprint density at radius 3 is 2.38 bits per heavy atom. The summed E-state index contributed by atoms with van der Waals surface area (Å²) in [5.74, 6) is 0.454. The lowest BCUT2D eigenvalue weighted by molar-refractivity contribution is -0.137. The third-order valence-electron chi connectivity index (χ3n) is 4.76. The molecule has 1 saturated heterocycles. The van der Waals surface area contributed by atoms with E-state index in [4.69, 9.17) is 28.0 Å². The molecule has 11 heteroatoms. The Labute approximate surface area is 188 Å². The van der Waals surface area contributed by atoms with Crippen molar-refractivity contribution in [3.05, 3.63) is 17.7 Å². The van der Waals surface area contributed by atoms with E-state index in [1.165, 1.54) is 21.1 Å². The lowest BCUT2D eigenvalue weighted by atomic mass is 10.1. The number of rotatable bonds is 12. The normalized spacial score (nSPS) is 16.5. The summed E-state index contributed by atoms with van der Waals surface area (Å²) in [5.41, 5.74) is 0.348. The van der Waals surface area contributed by atoms with Crippen LogP contribution in [-0.2, 0) is 23.1 Å². The van der Waals surface area contributed by atoms with Gasteiger partial charge in [0.05, 0.1) is 46.1 Å². The number of hydrogen-bond acceptors (Lipinski definition) is 9. The number of Topliss-reactive ketones (excluding diaryl/α,β-unsaturated/α-hetero) is 1. The first-order valence-electron chi connectivity index (χ1n) is 10.4. The minimum Gasteiger partial charge on any atom is -0.493 e. The molecule has 0 aromatic heterocycles. The van der Waals surface area contributed by atoms with Gasteiger partial charge >= 0.3 is 7.60 Å². The summed E-state index contributed by atoms with van der Waals surface area (Å²) in [7, 11) is -0.542. The molecule has 0 spiro atoms.